The van der Waals surface area contributed by atoms with E-state index in [4.69, 9.17) is 0 Å². The minimum absolute atomic E-state index is 0.843. The third-order valence-electron chi connectivity index (χ3n) is 3.17. The van der Waals surface area contributed by atoms with Crippen molar-refractivity contribution in [2.75, 3.05) is 13.1 Å². The molecule has 2 aliphatic rings. The van der Waals surface area contributed by atoms with E-state index in [0.29, 0.717) is 0 Å². The normalized spacial score (nSPS) is 33.0. The van der Waals surface area contributed by atoms with Crippen molar-refractivity contribution in [2.24, 2.45) is 5.92 Å². The lowest BCUT2D eigenvalue weighted by atomic mass is 9.82. The Bertz CT molecular complexity index is 148. The largest absolute Gasteiger partial charge is 0.314 e. The van der Waals surface area contributed by atoms with Crippen LogP contribution < -0.4 is 10.6 Å². The van der Waals surface area contributed by atoms with Gasteiger partial charge in [0.05, 0.1) is 0 Å². The van der Waals surface area contributed by atoms with Crippen molar-refractivity contribution in [3.05, 3.63) is 0 Å². The maximum absolute atomic E-state index is 3.60. The Morgan fingerprint density at radius 2 is 1.62 bits per heavy atom. The molecule has 0 aromatic rings. The summed E-state index contributed by atoms with van der Waals surface area (Å²) in [6.45, 7) is 4.75. The predicted octanol–water partition coefficient (Wildman–Crippen LogP) is 1.52. The van der Waals surface area contributed by atoms with Gasteiger partial charge in [-0.05, 0) is 51.1 Å². The smallest absolute Gasteiger partial charge is 0.00721 e. The highest BCUT2D eigenvalue weighted by atomic mass is 15.0. The van der Waals surface area contributed by atoms with E-state index in [1.54, 1.807) is 0 Å². The highest BCUT2D eigenvalue weighted by Gasteiger charge is 2.24. The molecule has 0 saturated heterocycles. The molecule has 0 unspecified atom stereocenters. The van der Waals surface area contributed by atoms with Gasteiger partial charge in [0.1, 0.15) is 0 Å². The van der Waals surface area contributed by atoms with E-state index in [1.807, 2.05) is 0 Å². The van der Waals surface area contributed by atoms with Gasteiger partial charge in [-0.15, -0.1) is 0 Å². The fourth-order valence-electron chi connectivity index (χ4n) is 2.06. The third-order valence-corrected chi connectivity index (χ3v) is 3.17. The van der Waals surface area contributed by atoms with Crippen molar-refractivity contribution in [3.8, 4) is 0 Å². The fraction of sp³-hybridized carbons (Fsp3) is 1.00. The SMILES string of the molecule is CC1CC(NCCCNC2CC2)C1. The summed E-state index contributed by atoms with van der Waals surface area (Å²) in [7, 11) is 0. The van der Waals surface area contributed by atoms with Crippen molar-refractivity contribution < 1.29 is 0 Å². The van der Waals surface area contributed by atoms with E-state index in [0.717, 1.165) is 18.0 Å². The van der Waals surface area contributed by atoms with Gasteiger partial charge < -0.3 is 10.6 Å². The van der Waals surface area contributed by atoms with Crippen LogP contribution in [-0.4, -0.2) is 25.2 Å². The molecule has 13 heavy (non-hydrogen) atoms. The molecule has 0 radical (unpaired) electrons. The van der Waals surface area contributed by atoms with E-state index in [-0.39, 0.29) is 0 Å². The van der Waals surface area contributed by atoms with Crippen LogP contribution in [0.4, 0.5) is 0 Å². The summed E-state index contributed by atoms with van der Waals surface area (Å²) in [6.07, 6.45) is 6.91. The molecule has 2 nitrogen and oxygen atoms in total. The lowest BCUT2D eigenvalue weighted by Gasteiger charge is -2.33. The molecule has 2 fully saturated rings. The zero-order valence-corrected chi connectivity index (χ0v) is 8.68. The van der Waals surface area contributed by atoms with Gasteiger partial charge in [0.15, 0.2) is 0 Å². The molecule has 2 saturated carbocycles. The topological polar surface area (TPSA) is 24.1 Å². The summed E-state index contributed by atoms with van der Waals surface area (Å²) >= 11 is 0. The van der Waals surface area contributed by atoms with Gasteiger partial charge in [0.2, 0.25) is 0 Å². The van der Waals surface area contributed by atoms with E-state index in [9.17, 15) is 0 Å². The van der Waals surface area contributed by atoms with Gasteiger partial charge in [-0.3, -0.25) is 0 Å². The first-order chi connectivity index (χ1) is 6.34. The molecule has 0 aliphatic heterocycles. The highest BCUT2D eigenvalue weighted by molar-refractivity contribution is 4.83. The molecule has 2 aliphatic carbocycles. The number of rotatable bonds is 6. The van der Waals surface area contributed by atoms with Gasteiger partial charge in [-0.25, -0.2) is 0 Å². The molecule has 2 rings (SSSR count). The van der Waals surface area contributed by atoms with Crippen LogP contribution in [0.2, 0.25) is 0 Å². The molecule has 76 valence electrons. The Kier molecular flexibility index (Phi) is 3.23. The Morgan fingerprint density at radius 1 is 1.00 bits per heavy atom. The molecule has 0 atom stereocenters. The van der Waals surface area contributed by atoms with Gasteiger partial charge in [-0.1, -0.05) is 6.92 Å². The van der Waals surface area contributed by atoms with Crippen LogP contribution in [0.1, 0.15) is 39.0 Å². The Labute approximate surface area is 81.5 Å². The van der Waals surface area contributed by atoms with E-state index in [2.05, 4.69) is 17.6 Å². The van der Waals surface area contributed by atoms with E-state index in [1.165, 1.54) is 45.2 Å². The number of hydrogen-bond acceptors (Lipinski definition) is 2. The van der Waals surface area contributed by atoms with Crippen LogP contribution in [0.5, 0.6) is 0 Å². The maximum Gasteiger partial charge on any atom is 0.00721 e. The van der Waals surface area contributed by atoms with Crippen molar-refractivity contribution in [1.29, 1.82) is 0 Å². The van der Waals surface area contributed by atoms with Crippen molar-refractivity contribution in [3.63, 3.8) is 0 Å². The van der Waals surface area contributed by atoms with Crippen LogP contribution in [0.15, 0.2) is 0 Å². The second-order valence-electron chi connectivity index (χ2n) is 4.81. The summed E-state index contributed by atoms with van der Waals surface area (Å²) in [4.78, 5) is 0. The second-order valence-corrected chi connectivity index (χ2v) is 4.81. The van der Waals surface area contributed by atoms with Crippen molar-refractivity contribution in [1.82, 2.24) is 10.6 Å². The Morgan fingerprint density at radius 3 is 2.15 bits per heavy atom. The van der Waals surface area contributed by atoms with E-state index < -0.39 is 0 Å². The Hall–Kier alpha value is -0.0800. The summed E-state index contributed by atoms with van der Waals surface area (Å²) in [5.74, 6) is 0.974. The number of hydrogen-bond donors (Lipinski definition) is 2. The molecule has 0 bridgehead atoms. The average molecular weight is 182 g/mol. The van der Waals surface area contributed by atoms with Gasteiger partial charge in [0.25, 0.3) is 0 Å². The number of nitrogens with one attached hydrogen (secondary N) is 2. The van der Waals surface area contributed by atoms with Crippen molar-refractivity contribution in [2.45, 2.75) is 51.1 Å². The monoisotopic (exact) mass is 182 g/mol. The van der Waals surface area contributed by atoms with Crippen LogP contribution in [0, 0.1) is 5.92 Å². The minimum atomic E-state index is 0.843. The molecule has 0 spiro atoms. The van der Waals surface area contributed by atoms with Gasteiger partial charge in [-0.2, -0.15) is 0 Å². The molecular formula is C11H22N2. The molecule has 0 aromatic heterocycles. The fourth-order valence-corrected chi connectivity index (χ4v) is 2.06. The van der Waals surface area contributed by atoms with Gasteiger partial charge >= 0.3 is 0 Å². The molecule has 0 heterocycles. The first-order valence-corrected chi connectivity index (χ1v) is 5.81. The predicted molar refractivity (Wildman–Crippen MR) is 55.8 cm³/mol. The van der Waals surface area contributed by atoms with E-state index >= 15 is 0 Å². The summed E-state index contributed by atoms with van der Waals surface area (Å²) in [6, 6.07) is 1.72. The van der Waals surface area contributed by atoms with Crippen molar-refractivity contribution >= 4 is 0 Å². The summed E-state index contributed by atoms with van der Waals surface area (Å²) in [5.41, 5.74) is 0. The quantitative estimate of drug-likeness (QED) is 0.609. The van der Waals surface area contributed by atoms with Crippen LogP contribution in [0.3, 0.4) is 0 Å². The molecule has 0 aromatic carbocycles. The third kappa shape index (κ3) is 3.28. The highest BCUT2D eigenvalue weighted by Crippen LogP contribution is 2.25. The Balaban J connectivity index is 1.36. The minimum Gasteiger partial charge on any atom is -0.314 e. The van der Waals surface area contributed by atoms with Crippen LogP contribution in [0.25, 0.3) is 0 Å². The first-order valence-electron chi connectivity index (χ1n) is 5.81. The zero-order valence-electron chi connectivity index (χ0n) is 8.68. The maximum atomic E-state index is 3.60. The summed E-state index contributed by atoms with van der Waals surface area (Å²) in [5, 5.41) is 7.14. The lowest BCUT2D eigenvalue weighted by molar-refractivity contribution is 0.241. The molecule has 0 amide bonds. The molecule has 2 N–H and O–H groups in total. The van der Waals surface area contributed by atoms with Gasteiger partial charge in [0, 0.05) is 12.1 Å². The first kappa shape index (κ1) is 9.47. The second kappa shape index (κ2) is 4.43. The standard InChI is InChI=1S/C11H22N2/c1-9-7-11(8-9)13-6-2-5-12-10-3-4-10/h9-13H,2-8H2,1H3. The average Bonchev–Trinajstić information content (AvgIpc) is 2.84. The lowest BCUT2D eigenvalue weighted by Crippen LogP contribution is -2.41. The molecule has 2 heteroatoms. The van der Waals surface area contributed by atoms with Crippen LogP contribution >= 0.6 is 0 Å². The summed E-state index contributed by atoms with van der Waals surface area (Å²) < 4.78 is 0. The van der Waals surface area contributed by atoms with Crippen LogP contribution in [-0.2, 0) is 0 Å². The zero-order chi connectivity index (χ0) is 9.10. The molecular weight excluding hydrogens is 160 g/mol.